The Morgan fingerprint density at radius 3 is 2.70 bits per heavy atom. The van der Waals surface area contributed by atoms with Crippen molar-refractivity contribution in [1.29, 1.82) is 0 Å². The fraction of sp³-hybridized carbons (Fsp3) is 0.0769. The van der Waals surface area contributed by atoms with Gasteiger partial charge in [-0.2, -0.15) is 4.39 Å². The summed E-state index contributed by atoms with van der Waals surface area (Å²) in [6, 6.07) is 7.83. The molecule has 20 heavy (non-hydrogen) atoms. The van der Waals surface area contributed by atoms with Gasteiger partial charge >= 0.3 is 5.69 Å². The summed E-state index contributed by atoms with van der Waals surface area (Å²) in [6.07, 6.45) is 0. The number of ether oxygens (including phenoxy) is 1. The molecule has 0 aliphatic rings. The minimum atomic E-state index is -0.979. The minimum absolute atomic E-state index is 0.0152. The van der Waals surface area contributed by atoms with Crippen molar-refractivity contribution >= 4 is 21.6 Å². The topological polar surface area (TPSA) is 52.4 Å². The smallest absolute Gasteiger partial charge is 0.305 e. The molecule has 0 amide bonds. The molecule has 0 atom stereocenters. The second-order valence-electron chi connectivity index (χ2n) is 3.87. The molecule has 2 aromatic rings. The highest BCUT2D eigenvalue weighted by atomic mass is 79.9. The molecule has 0 aromatic heterocycles. The maximum Gasteiger partial charge on any atom is 0.305 e. The van der Waals surface area contributed by atoms with E-state index in [9.17, 15) is 18.9 Å². The lowest BCUT2D eigenvalue weighted by molar-refractivity contribution is -0.387. The first-order chi connectivity index (χ1) is 9.49. The van der Waals surface area contributed by atoms with Gasteiger partial charge < -0.3 is 4.74 Å². The summed E-state index contributed by atoms with van der Waals surface area (Å²) >= 11 is 3.16. The van der Waals surface area contributed by atoms with E-state index in [-0.39, 0.29) is 17.9 Å². The van der Waals surface area contributed by atoms with Gasteiger partial charge in [0.25, 0.3) is 0 Å². The summed E-state index contributed by atoms with van der Waals surface area (Å²) in [5.74, 6) is -1.64. The first-order valence-corrected chi connectivity index (χ1v) is 6.28. The van der Waals surface area contributed by atoms with Crippen molar-refractivity contribution in [3.63, 3.8) is 0 Å². The summed E-state index contributed by atoms with van der Waals surface area (Å²) in [4.78, 5) is 9.78. The quantitative estimate of drug-likeness (QED) is 0.617. The maximum atomic E-state index is 13.8. The second kappa shape index (κ2) is 5.96. The Morgan fingerprint density at radius 2 is 2.00 bits per heavy atom. The number of benzene rings is 2. The van der Waals surface area contributed by atoms with Crippen molar-refractivity contribution < 1.29 is 18.4 Å². The van der Waals surface area contributed by atoms with E-state index in [4.69, 9.17) is 4.74 Å². The van der Waals surface area contributed by atoms with Crippen LogP contribution in [0.15, 0.2) is 40.9 Å². The third-order valence-electron chi connectivity index (χ3n) is 2.53. The van der Waals surface area contributed by atoms with Crippen LogP contribution in [0.4, 0.5) is 14.5 Å². The molecule has 0 N–H and O–H groups in total. The number of hydrogen-bond donors (Lipinski definition) is 0. The van der Waals surface area contributed by atoms with Gasteiger partial charge in [-0.3, -0.25) is 10.1 Å². The zero-order chi connectivity index (χ0) is 14.7. The Morgan fingerprint density at radius 1 is 1.25 bits per heavy atom. The van der Waals surface area contributed by atoms with Gasteiger partial charge in [0.15, 0.2) is 11.6 Å². The Kier molecular flexibility index (Phi) is 4.29. The molecule has 0 radical (unpaired) electrons. The third-order valence-corrected chi connectivity index (χ3v) is 3.02. The van der Waals surface area contributed by atoms with Crippen LogP contribution in [0.5, 0.6) is 5.75 Å². The van der Waals surface area contributed by atoms with Gasteiger partial charge in [-0.05, 0) is 18.2 Å². The van der Waals surface area contributed by atoms with E-state index in [0.717, 1.165) is 6.07 Å². The van der Waals surface area contributed by atoms with Crippen LogP contribution in [0.2, 0.25) is 0 Å². The van der Waals surface area contributed by atoms with Crippen molar-refractivity contribution in [2.24, 2.45) is 0 Å². The fourth-order valence-corrected chi connectivity index (χ4v) is 1.90. The summed E-state index contributed by atoms with van der Waals surface area (Å²) in [5.41, 5.74) is -0.653. The van der Waals surface area contributed by atoms with E-state index < -0.39 is 22.2 Å². The Hall–Kier alpha value is -2.02. The molecule has 2 rings (SSSR count). The van der Waals surface area contributed by atoms with Crippen molar-refractivity contribution in [2.75, 3.05) is 0 Å². The van der Waals surface area contributed by atoms with Crippen molar-refractivity contribution in [2.45, 2.75) is 6.61 Å². The normalized spacial score (nSPS) is 10.3. The highest BCUT2D eigenvalue weighted by Gasteiger charge is 2.17. The molecule has 0 fully saturated rings. The molecule has 4 nitrogen and oxygen atoms in total. The van der Waals surface area contributed by atoms with Gasteiger partial charge in [0.05, 0.1) is 4.92 Å². The lowest BCUT2D eigenvalue weighted by Crippen LogP contribution is -2.02. The van der Waals surface area contributed by atoms with Crippen LogP contribution in [-0.2, 0) is 6.61 Å². The highest BCUT2D eigenvalue weighted by molar-refractivity contribution is 9.10. The molecular weight excluding hydrogens is 336 g/mol. The second-order valence-corrected chi connectivity index (χ2v) is 4.79. The first kappa shape index (κ1) is 14.4. The third kappa shape index (κ3) is 3.11. The first-order valence-electron chi connectivity index (χ1n) is 5.48. The summed E-state index contributed by atoms with van der Waals surface area (Å²) in [7, 11) is 0. The predicted octanol–water partition coefficient (Wildman–Crippen LogP) is 4.21. The zero-order valence-electron chi connectivity index (χ0n) is 9.98. The molecule has 0 spiro atoms. The van der Waals surface area contributed by atoms with E-state index >= 15 is 0 Å². The van der Waals surface area contributed by atoms with Crippen LogP contribution in [0.3, 0.4) is 0 Å². The van der Waals surface area contributed by atoms with Crippen molar-refractivity contribution in [1.82, 2.24) is 0 Å². The van der Waals surface area contributed by atoms with Crippen LogP contribution in [-0.4, -0.2) is 4.92 Å². The molecular formula is C13H8BrF2NO3. The highest BCUT2D eigenvalue weighted by Crippen LogP contribution is 2.25. The van der Waals surface area contributed by atoms with Gasteiger partial charge in [0.2, 0.25) is 5.82 Å². The van der Waals surface area contributed by atoms with E-state index in [0.29, 0.717) is 4.47 Å². The Labute approximate surface area is 121 Å². The SMILES string of the molecule is O=[N+]([O-])c1cccc(COc2cc(Br)ccc2F)c1F. The van der Waals surface area contributed by atoms with Crippen LogP contribution in [0.25, 0.3) is 0 Å². The zero-order valence-corrected chi connectivity index (χ0v) is 11.6. The average molecular weight is 344 g/mol. The number of nitro groups is 1. The Balaban J connectivity index is 2.21. The van der Waals surface area contributed by atoms with E-state index in [1.807, 2.05) is 0 Å². The van der Waals surface area contributed by atoms with Gasteiger partial charge in [-0.25, -0.2) is 4.39 Å². The molecule has 0 aliphatic heterocycles. The van der Waals surface area contributed by atoms with E-state index in [1.54, 1.807) is 0 Å². The molecule has 2 aromatic carbocycles. The number of halogens is 3. The largest absolute Gasteiger partial charge is 0.486 e. The molecule has 0 saturated carbocycles. The maximum absolute atomic E-state index is 13.8. The van der Waals surface area contributed by atoms with Crippen LogP contribution in [0, 0.1) is 21.7 Å². The average Bonchev–Trinajstić information content (AvgIpc) is 2.41. The standard InChI is InChI=1S/C13H8BrF2NO3/c14-9-4-5-10(15)12(6-9)20-7-8-2-1-3-11(13(8)16)17(18)19/h1-6H,7H2. The number of rotatable bonds is 4. The number of nitrogens with zero attached hydrogens (tertiary/aromatic N) is 1. The molecule has 0 bridgehead atoms. The van der Waals surface area contributed by atoms with Gasteiger partial charge in [0.1, 0.15) is 6.61 Å². The molecule has 0 saturated heterocycles. The van der Waals surface area contributed by atoms with Crippen molar-refractivity contribution in [3.8, 4) is 5.75 Å². The van der Waals surface area contributed by atoms with E-state index in [1.165, 1.54) is 30.3 Å². The summed E-state index contributed by atoms with van der Waals surface area (Å²) in [6.45, 7) is -0.305. The van der Waals surface area contributed by atoms with E-state index in [2.05, 4.69) is 15.9 Å². The van der Waals surface area contributed by atoms with Gasteiger partial charge in [-0.1, -0.05) is 28.1 Å². The number of hydrogen-bond acceptors (Lipinski definition) is 3. The van der Waals surface area contributed by atoms with Crippen LogP contribution >= 0.6 is 15.9 Å². The van der Waals surface area contributed by atoms with Crippen LogP contribution < -0.4 is 4.74 Å². The molecule has 104 valence electrons. The predicted molar refractivity (Wildman–Crippen MR) is 71.5 cm³/mol. The molecule has 7 heteroatoms. The molecule has 0 aliphatic carbocycles. The fourth-order valence-electron chi connectivity index (χ4n) is 1.56. The van der Waals surface area contributed by atoms with Crippen molar-refractivity contribution in [3.05, 3.63) is 68.2 Å². The Bertz CT molecular complexity index is 664. The van der Waals surface area contributed by atoms with Gasteiger partial charge in [0, 0.05) is 16.1 Å². The lowest BCUT2D eigenvalue weighted by atomic mass is 10.2. The minimum Gasteiger partial charge on any atom is -0.486 e. The number of nitro benzene ring substituents is 1. The van der Waals surface area contributed by atoms with Crippen LogP contribution in [0.1, 0.15) is 5.56 Å². The monoisotopic (exact) mass is 343 g/mol. The molecule has 0 heterocycles. The lowest BCUT2D eigenvalue weighted by Gasteiger charge is -2.08. The summed E-state index contributed by atoms with van der Waals surface area (Å²) < 4.78 is 33.0. The summed E-state index contributed by atoms with van der Waals surface area (Å²) in [5, 5.41) is 10.6. The molecule has 0 unspecified atom stereocenters. The van der Waals surface area contributed by atoms with Gasteiger partial charge in [-0.15, -0.1) is 0 Å².